The normalized spacial score (nSPS) is 17.0. The topological polar surface area (TPSA) is 59.5 Å². The summed E-state index contributed by atoms with van der Waals surface area (Å²) in [6, 6.07) is 0. The van der Waals surface area contributed by atoms with Crippen LogP contribution in [0.3, 0.4) is 0 Å². The van der Waals surface area contributed by atoms with Crippen LogP contribution in [0, 0.1) is 5.21 Å². The Balaban J connectivity index is 2.49. The van der Waals surface area contributed by atoms with E-state index in [1.54, 1.807) is 0 Å². The summed E-state index contributed by atoms with van der Waals surface area (Å²) in [5, 5.41) is 15.7. The van der Waals surface area contributed by atoms with Crippen LogP contribution in [0.4, 0.5) is 11.6 Å². The van der Waals surface area contributed by atoms with E-state index in [0.29, 0.717) is 16.5 Å². The van der Waals surface area contributed by atoms with Crippen LogP contribution in [0.1, 0.15) is 41.5 Å². The molecule has 0 atom stereocenters. The van der Waals surface area contributed by atoms with Crippen molar-refractivity contribution in [2.45, 2.75) is 52.6 Å². The van der Waals surface area contributed by atoms with Gasteiger partial charge in [-0.25, -0.2) is 0 Å². The summed E-state index contributed by atoms with van der Waals surface area (Å²) in [5.74, 6) is 1.15. The van der Waals surface area contributed by atoms with Crippen molar-refractivity contribution in [2.75, 3.05) is 22.9 Å². The average molecular weight is 254 g/mol. The van der Waals surface area contributed by atoms with E-state index in [1.807, 2.05) is 4.90 Å². The van der Waals surface area contributed by atoms with Gasteiger partial charge in [0.25, 0.3) is 0 Å². The Morgan fingerprint density at radius 1 is 1.06 bits per heavy atom. The van der Waals surface area contributed by atoms with Crippen LogP contribution >= 0.6 is 0 Å². The lowest BCUT2D eigenvalue weighted by Crippen LogP contribution is -2.57. The first-order valence-corrected chi connectivity index (χ1v) is 6.27. The molecule has 0 unspecified atom stereocenters. The van der Waals surface area contributed by atoms with Gasteiger partial charge >= 0.3 is 11.6 Å². The summed E-state index contributed by atoms with van der Waals surface area (Å²) in [6.45, 7) is 14.2. The zero-order valence-electron chi connectivity index (χ0n) is 12.0. The van der Waals surface area contributed by atoms with E-state index in [9.17, 15) is 5.21 Å². The number of anilines is 2. The fourth-order valence-corrected chi connectivity index (χ4v) is 2.34. The van der Waals surface area contributed by atoms with Gasteiger partial charge < -0.3 is 14.7 Å². The van der Waals surface area contributed by atoms with Crippen LogP contribution in [-0.2, 0) is 0 Å². The quantitative estimate of drug-likeness (QED) is 0.657. The highest BCUT2D eigenvalue weighted by molar-refractivity contribution is 5.63. The molecular formula is C12H22N4O2. The van der Waals surface area contributed by atoms with E-state index in [0.717, 1.165) is 13.1 Å². The maximum absolute atomic E-state index is 11.8. The second kappa shape index (κ2) is 3.76. The molecule has 1 aromatic heterocycles. The molecule has 6 nitrogen and oxygen atoms in total. The molecule has 0 N–H and O–H groups in total. The standard InChI is InChI=1S/C12H22N4O2/c1-11(2,3)14-7-8-15(12(4,5)6)10-9(14)13-18-16(10)17/h7-8H2,1-6H3. The molecular weight excluding hydrogens is 232 g/mol. The van der Waals surface area contributed by atoms with Crippen molar-refractivity contribution in [1.29, 1.82) is 0 Å². The molecule has 18 heavy (non-hydrogen) atoms. The molecule has 0 saturated carbocycles. The average Bonchev–Trinajstić information content (AvgIpc) is 2.57. The SMILES string of the molecule is CC(C)(C)N1CCN(C(C)(C)C)c2c1no[n+]2[O-]. The van der Waals surface area contributed by atoms with Gasteiger partial charge in [0.2, 0.25) is 0 Å². The molecule has 2 heterocycles. The number of aromatic nitrogens is 2. The zero-order valence-corrected chi connectivity index (χ0v) is 12.0. The van der Waals surface area contributed by atoms with E-state index in [-0.39, 0.29) is 11.1 Å². The van der Waals surface area contributed by atoms with Crippen LogP contribution in [0.15, 0.2) is 4.63 Å². The second-order valence-electron chi connectivity index (χ2n) is 6.72. The van der Waals surface area contributed by atoms with Gasteiger partial charge in [0.05, 0.1) is 18.6 Å². The number of hydrogen-bond acceptors (Lipinski definition) is 5. The van der Waals surface area contributed by atoms with Gasteiger partial charge in [-0.05, 0) is 46.7 Å². The van der Waals surface area contributed by atoms with Crippen molar-refractivity contribution in [3.05, 3.63) is 5.21 Å². The van der Waals surface area contributed by atoms with E-state index in [2.05, 4.69) is 51.6 Å². The third-order valence-corrected chi connectivity index (χ3v) is 3.25. The second-order valence-corrected chi connectivity index (χ2v) is 6.72. The first-order valence-electron chi connectivity index (χ1n) is 6.27. The summed E-state index contributed by atoms with van der Waals surface area (Å²) in [6.07, 6.45) is 0. The Morgan fingerprint density at radius 2 is 1.56 bits per heavy atom. The summed E-state index contributed by atoms with van der Waals surface area (Å²) < 4.78 is 4.80. The largest absolute Gasteiger partial charge is 0.391 e. The predicted molar refractivity (Wildman–Crippen MR) is 69.7 cm³/mol. The molecule has 0 radical (unpaired) electrons. The highest BCUT2D eigenvalue weighted by atomic mass is 16.8. The molecule has 0 amide bonds. The highest BCUT2D eigenvalue weighted by Gasteiger charge is 2.43. The third kappa shape index (κ3) is 2.00. The fraction of sp³-hybridized carbons (Fsp3) is 0.833. The molecule has 1 aliphatic rings. The molecule has 1 aromatic rings. The maximum Gasteiger partial charge on any atom is 0.322 e. The Labute approximate surface area is 108 Å². The van der Waals surface area contributed by atoms with E-state index >= 15 is 0 Å². The minimum absolute atomic E-state index is 0.0808. The molecule has 0 aromatic carbocycles. The molecule has 1 aliphatic heterocycles. The molecule has 0 aliphatic carbocycles. The van der Waals surface area contributed by atoms with Crippen molar-refractivity contribution in [1.82, 2.24) is 5.16 Å². The number of fused-ring (bicyclic) bond motifs is 1. The van der Waals surface area contributed by atoms with Gasteiger partial charge in [0.15, 0.2) is 0 Å². The Hall–Kier alpha value is -1.46. The van der Waals surface area contributed by atoms with Gasteiger partial charge in [-0.1, -0.05) is 4.90 Å². The van der Waals surface area contributed by atoms with E-state index in [4.69, 9.17) is 4.63 Å². The monoisotopic (exact) mass is 254 g/mol. The van der Waals surface area contributed by atoms with Gasteiger partial charge in [-0.2, -0.15) is 0 Å². The first-order chi connectivity index (χ1) is 8.12. The molecule has 6 heteroatoms. The van der Waals surface area contributed by atoms with Crippen LogP contribution in [0.5, 0.6) is 0 Å². The van der Waals surface area contributed by atoms with Gasteiger partial charge in [-0.15, -0.1) is 0 Å². The van der Waals surface area contributed by atoms with Crippen molar-refractivity contribution < 1.29 is 9.53 Å². The number of rotatable bonds is 0. The molecule has 0 spiro atoms. The Kier molecular flexibility index (Phi) is 2.72. The predicted octanol–water partition coefficient (Wildman–Crippen LogP) is 1.53. The summed E-state index contributed by atoms with van der Waals surface area (Å²) in [4.78, 5) is 4.68. The third-order valence-electron chi connectivity index (χ3n) is 3.25. The van der Waals surface area contributed by atoms with Crippen molar-refractivity contribution in [3.63, 3.8) is 0 Å². The molecule has 0 saturated heterocycles. The minimum atomic E-state index is -0.129. The smallest absolute Gasteiger partial charge is 0.322 e. The minimum Gasteiger partial charge on any atom is -0.391 e. The summed E-state index contributed by atoms with van der Waals surface area (Å²) in [5.41, 5.74) is -0.209. The van der Waals surface area contributed by atoms with E-state index in [1.165, 1.54) is 0 Å². The molecule has 0 fully saturated rings. The lowest BCUT2D eigenvalue weighted by molar-refractivity contribution is -0.792. The van der Waals surface area contributed by atoms with E-state index < -0.39 is 0 Å². The van der Waals surface area contributed by atoms with Crippen molar-refractivity contribution >= 4 is 11.6 Å². The lowest BCUT2D eigenvalue weighted by Gasteiger charge is -2.42. The lowest BCUT2D eigenvalue weighted by atomic mass is 10.0. The summed E-state index contributed by atoms with van der Waals surface area (Å²) in [7, 11) is 0. The Bertz CT molecular complexity index is 442. The van der Waals surface area contributed by atoms with Crippen LogP contribution < -0.4 is 14.7 Å². The Morgan fingerprint density at radius 3 is 2.06 bits per heavy atom. The van der Waals surface area contributed by atoms with Crippen molar-refractivity contribution in [3.8, 4) is 0 Å². The first kappa shape index (κ1) is 13.0. The zero-order chi connectivity index (χ0) is 13.7. The maximum atomic E-state index is 11.8. The van der Waals surface area contributed by atoms with Crippen LogP contribution in [-0.4, -0.2) is 29.3 Å². The van der Waals surface area contributed by atoms with Gasteiger partial charge in [0.1, 0.15) is 0 Å². The van der Waals surface area contributed by atoms with Gasteiger partial charge in [0, 0.05) is 5.54 Å². The summed E-state index contributed by atoms with van der Waals surface area (Å²) >= 11 is 0. The molecule has 2 rings (SSSR count). The van der Waals surface area contributed by atoms with Crippen LogP contribution in [0.2, 0.25) is 0 Å². The van der Waals surface area contributed by atoms with Gasteiger partial charge in [-0.3, -0.25) is 4.90 Å². The van der Waals surface area contributed by atoms with Crippen molar-refractivity contribution in [2.24, 2.45) is 0 Å². The highest BCUT2D eigenvalue weighted by Crippen LogP contribution is 2.36. The fourth-order valence-electron chi connectivity index (χ4n) is 2.34. The number of hydrogen-bond donors (Lipinski definition) is 0. The number of nitrogens with zero attached hydrogens (tertiary/aromatic N) is 4. The molecule has 0 bridgehead atoms. The molecule has 102 valence electrons. The van der Waals surface area contributed by atoms with Crippen LogP contribution in [0.25, 0.3) is 0 Å².